The van der Waals surface area contributed by atoms with Crippen molar-refractivity contribution in [2.45, 2.75) is 38.5 Å². The molecule has 0 saturated carbocycles. The summed E-state index contributed by atoms with van der Waals surface area (Å²) in [6.45, 7) is 5.79. The Labute approximate surface area is 205 Å². The lowest BCUT2D eigenvalue weighted by molar-refractivity contribution is -0.151. The summed E-state index contributed by atoms with van der Waals surface area (Å²) in [5.41, 5.74) is 1.41. The minimum Gasteiger partial charge on any atom is -0.466 e. The number of nitrogens with zero attached hydrogens (tertiary/aromatic N) is 1. The maximum absolute atomic E-state index is 13.0. The lowest BCUT2D eigenvalue weighted by atomic mass is 9.97. The molecule has 10 heteroatoms. The van der Waals surface area contributed by atoms with Crippen LogP contribution in [0.5, 0.6) is 0 Å². The van der Waals surface area contributed by atoms with E-state index in [4.69, 9.17) is 9.47 Å². The van der Waals surface area contributed by atoms with Gasteiger partial charge in [0.1, 0.15) is 0 Å². The molecule has 0 atom stereocenters. The summed E-state index contributed by atoms with van der Waals surface area (Å²) in [5.74, 6) is -1.70. The number of anilines is 1. The summed E-state index contributed by atoms with van der Waals surface area (Å²) in [4.78, 5) is 38.8. The van der Waals surface area contributed by atoms with Gasteiger partial charge in [0.2, 0.25) is 0 Å². The van der Waals surface area contributed by atoms with Gasteiger partial charge in [-0.05, 0) is 62.9 Å². The number of carbonyl (C=O) groups is 3. The maximum Gasteiger partial charge on any atom is 0.340 e. The molecule has 1 aliphatic rings. The highest BCUT2D eigenvalue weighted by Crippen LogP contribution is 2.24. The third-order valence-corrected chi connectivity index (χ3v) is 7.33. The number of piperidine rings is 1. The van der Waals surface area contributed by atoms with Crippen molar-refractivity contribution in [3.8, 4) is 0 Å². The standard InChI is InChI=1S/C25H30N2O7S/c1-4-33-24(29)19-11-13-27(14-12-19)23(28)16-34-25(30)20-7-5-6-8-21(20)26-35(31,32)22-15-17(2)9-10-18(22)3/h5-10,15,19,26H,4,11-14,16H2,1-3H3. The lowest BCUT2D eigenvalue weighted by Gasteiger charge is -2.30. The summed E-state index contributed by atoms with van der Waals surface area (Å²) < 4.78 is 38.7. The minimum absolute atomic E-state index is 0.00444. The number of aryl methyl sites for hydroxylation is 2. The molecule has 1 aliphatic heterocycles. The third kappa shape index (κ3) is 6.60. The maximum atomic E-state index is 13.0. The summed E-state index contributed by atoms with van der Waals surface area (Å²) in [6.07, 6.45) is 0.975. The Kier molecular flexibility index (Phi) is 8.50. The highest BCUT2D eigenvalue weighted by atomic mass is 32.2. The number of hydrogen-bond acceptors (Lipinski definition) is 7. The normalized spacial score (nSPS) is 14.3. The molecule has 1 fully saturated rings. The zero-order valence-electron chi connectivity index (χ0n) is 20.1. The number of nitrogens with one attached hydrogen (secondary N) is 1. The van der Waals surface area contributed by atoms with E-state index < -0.39 is 22.6 Å². The van der Waals surface area contributed by atoms with Crippen molar-refractivity contribution < 1.29 is 32.3 Å². The number of sulfonamides is 1. The van der Waals surface area contributed by atoms with Gasteiger partial charge in [-0.25, -0.2) is 13.2 Å². The molecule has 35 heavy (non-hydrogen) atoms. The van der Waals surface area contributed by atoms with Crippen LogP contribution in [0.1, 0.15) is 41.3 Å². The Hall–Kier alpha value is -3.40. The molecule has 0 aliphatic carbocycles. The van der Waals surface area contributed by atoms with Crippen LogP contribution in [0.25, 0.3) is 0 Å². The molecule has 1 N–H and O–H groups in total. The van der Waals surface area contributed by atoms with Crippen LogP contribution >= 0.6 is 0 Å². The first-order valence-electron chi connectivity index (χ1n) is 11.4. The van der Waals surface area contributed by atoms with Crippen molar-refractivity contribution in [1.29, 1.82) is 0 Å². The average molecular weight is 503 g/mol. The molecule has 0 spiro atoms. The van der Waals surface area contributed by atoms with Crippen LogP contribution in [0.4, 0.5) is 5.69 Å². The van der Waals surface area contributed by atoms with Gasteiger partial charge in [0.05, 0.1) is 28.7 Å². The monoisotopic (exact) mass is 502 g/mol. The molecule has 9 nitrogen and oxygen atoms in total. The number of carbonyl (C=O) groups excluding carboxylic acids is 3. The minimum atomic E-state index is -3.96. The lowest BCUT2D eigenvalue weighted by Crippen LogP contribution is -2.42. The number of likely N-dealkylation sites (tertiary alicyclic amines) is 1. The Morgan fingerprint density at radius 2 is 1.71 bits per heavy atom. The number of esters is 2. The van der Waals surface area contributed by atoms with Gasteiger partial charge in [-0.3, -0.25) is 14.3 Å². The van der Waals surface area contributed by atoms with Gasteiger partial charge in [-0.1, -0.05) is 24.3 Å². The molecule has 0 radical (unpaired) electrons. The fourth-order valence-electron chi connectivity index (χ4n) is 3.87. The number of para-hydroxylation sites is 1. The summed E-state index contributed by atoms with van der Waals surface area (Å²) in [5, 5.41) is 0. The average Bonchev–Trinajstić information content (AvgIpc) is 2.84. The number of hydrogen-bond donors (Lipinski definition) is 1. The van der Waals surface area contributed by atoms with Crippen LogP contribution < -0.4 is 4.72 Å². The first-order chi connectivity index (χ1) is 16.6. The Bertz CT molecular complexity index is 1200. The van der Waals surface area contributed by atoms with Crippen LogP contribution in [-0.2, 0) is 29.1 Å². The van der Waals surface area contributed by atoms with E-state index in [1.54, 1.807) is 45.0 Å². The molecule has 1 saturated heterocycles. The van der Waals surface area contributed by atoms with Gasteiger partial charge < -0.3 is 14.4 Å². The second-order valence-electron chi connectivity index (χ2n) is 8.40. The molecule has 0 bridgehead atoms. The summed E-state index contributed by atoms with van der Waals surface area (Å²) >= 11 is 0. The van der Waals surface area contributed by atoms with Gasteiger partial charge in [0.15, 0.2) is 6.61 Å². The second-order valence-corrected chi connectivity index (χ2v) is 10.1. The van der Waals surface area contributed by atoms with Crippen molar-refractivity contribution in [3.05, 3.63) is 59.2 Å². The highest BCUT2D eigenvalue weighted by molar-refractivity contribution is 7.92. The number of amides is 1. The third-order valence-electron chi connectivity index (χ3n) is 5.82. The van der Waals surface area contributed by atoms with E-state index in [-0.39, 0.29) is 33.9 Å². The Morgan fingerprint density at radius 3 is 2.40 bits per heavy atom. The van der Waals surface area contributed by atoms with E-state index in [1.165, 1.54) is 17.0 Å². The van der Waals surface area contributed by atoms with E-state index in [2.05, 4.69) is 4.72 Å². The zero-order chi connectivity index (χ0) is 25.6. The molecule has 0 aromatic heterocycles. The van der Waals surface area contributed by atoms with Crippen molar-refractivity contribution in [2.75, 3.05) is 31.0 Å². The van der Waals surface area contributed by atoms with Gasteiger partial charge in [-0.2, -0.15) is 0 Å². The molecule has 188 valence electrons. The molecular weight excluding hydrogens is 472 g/mol. The van der Waals surface area contributed by atoms with Gasteiger partial charge in [0, 0.05) is 13.1 Å². The van der Waals surface area contributed by atoms with Crippen molar-refractivity contribution >= 4 is 33.6 Å². The molecule has 3 rings (SSSR count). The fourth-order valence-corrected chi connectivity index (χ4v) is 5.28. The number of ether oxygens (including phenoxy) is 2. The molecule has 0 unspecified atom stereocenters. The largest absolute Gasteiger partial charge is 0.466 e. The van der Waals surface area contributed by atoms with Crippen LogP contribution in [0.2, 0.25) is 0 Å². The smallest absolute Gasteiger partial charge is 0.340 e. The quantitative estimate of drug-likeness (QED) is 0.551. The van der Waals surface area contributed by atoms with Crippen LogP contribution in [0.3, 0.4) is 0 Å². The molecule has 2 aromatic rings. The van der Waals surface area contributed by atoms with E-state index in [9.17, 15) is 22.8 Å². The molecule has 2 aromatic carbocycles. The highest BCUT2D eigenvalue weighted by Gasteiger charge is 2.29. The summed E-state index contributed by atoms with van der Waals surface area (Å²) in [6, 6.07) is 11.1. The van der Waals surface area contributed by atoms with Gasteiger partial charge in [-0.15, -0.1) is 0 Å². The first-order valence-corrected chi connectivity index (χ1v) is 12.9. The Morgan fingerprint density at radius 1 is 1.03 bits per heavy atom. The summed E-state index contributed by atoms with van der Waals surface area (Å²) in [7, 11) is -3.96. The van der Waals surface area contributed by atoms with E-state index in [0.29, 0.717) is 38.1 Å². The van der Waals surface area contributed by atoms with Gasteiger partial charge >= 0.3 is 11.9 Å². The van der Waals surface area contributed by atoms with Crippen molar-refractivity contribution in [2.24, 2.45) is 5.92 Å². The predicted octanol–water partition coefficient (Wildman–Crippen LogP) is 3.06. The topological polar surface area (TPSA) is 119 Å². The first kappa shape index (κ1) is 26.2. The van der Waals surface area contributed by atoms with E-state index in [0.717, 1.165) is 5.56 Å². The predicted molar refractivity (Wildman–Crippen MR) is 129 cm³/mol. The van der Waals surface area contributed by atoms with Crippen LogP contribution in [0, 0.1) is 19.8 Å². The second kappa shape index (κ2) is 11.4. The number of benzene rings is 2. The molecule has 1 heterocycles. The van der Waals surface area contributed by atoms with E-state index >= 15 is 0 Å². The Balaban J connectivity index is 1.63. The van der Waals surface area contributed by atoms with Crippen molar-refractivity contribution in [1.82, 2.24) is 4.90 Å². The number of rotatable bonds is 8. The van der Waals surface area contributed by atoms with Crippen molar-refractivity contribution in [3.63, 3.8) is 0 Å². The van der Waals surface area contributed by atoms with E-state index in [1.807, 2.05) is 6.07 Å². The fraction of sp³-hybridized carbons (Fsp3) is 0.400. The molecular formula is C25H30N2O7S. The molecule has 1 amide bonds. The van der Waals surface area contributed by atoms with Crippen LogP contribution in [0.15, 0.2) is 47.4 Å². The van der Waals surface area contributed by atoms with Crippen LogP contribution in [-0.4, -0.2) is 57.5 Å². The SMILES string of the molecule is CCOC(=O)C1CCN(C(=O)COC(=O)c2ccccc2NS(=O)(=O)c2cc(C)ccc2C)CC1. The zero-order valence-corrected chi connectivity index (χ0v) is 20.9. The van der Waals surface area contributed by atoms with Gasteiger partial charge in [0.25, 0.3) is 15.9 Å².